The van der Waals surface area contributed by atoms with Crippen LogP contribution < -0.4 is 5.32 Å². The van der Waals surface area contributed by atoms with Crippen molar-refractivity contribution in [2.45, 2.75) is 31.8 Å². The molecule has 1 aliphatic heterocycles. The van der Waals surface area contributed by atoms with E-state index >= 15 is 0 Å². The molecule has 1 heterocycles. The second kappa shape index (κ2) is 4.75. The molecule has 4 nitrogen and oxygen atoms in total. The zero-order valence-electron chi connectivity index (χ0n) is 9.05. The number of hydrogen-bond donors (Lipinski definition) is 2. The van der Waals surface area contributed by atoms with E-state index in [1.165, 1.54) is 0 Å². The molecule has 0 aromatic carbocycles. The smallest absolute Gasteiger partial charge is 0.219 e. The first-order valence-electron chi connectivity index (χ1n) is 5.23. The summed E-state index contributed by atoms with van der Waals surface area (Å²) in [5, 5.41) is 12.8. The Bertz CT molecular complexity index is 198. The maximum Gasteiger partial charge on any atom is 0.219 e. The van der Waals surface area contributed by atoms with Gasteiger partial charge in [-0.05, 0) is 19.9 Å². The number of nitrogens with zero attached hydrogens (tertiary/aromatic N) is 1. The summed E-state index contributed by atoms with van der Waals surface area (Å²) in [4.78, 5) is 13.2. The molecule has 1 amide bonds. The molecule has 0 saturated carbocycles. The van der Waals surface area contributed by atoms with Gasteiger partial charge in [0.1, 0.15) is 0 Å². The monoisotopic (exact) mass is 200 g/mol. The molecular weight excluding hydrogens is 180 g/mol. The molecule has 1 saturated heterocycles. The number of nitrogens with one attached hydrogen (secondary N) is 1. The summed E-state index contributed by atoms with van der Waals surface area (Å²) >= 11 is 0. The highest BCUT2D eigenvalue weighted by molar-refractivity contribution is 5.75. The average molecular weight is 200 g/mol. The molecule has 0 atom stereocenters. The third-order valence-electron chi connectivity index (χ3n) is 2.85. The Morgan fingerprint density at radius 1 is 1.50 bits per heavy atom. The Balaban J connectivity index is 2.31. The van der Waals surface area contributed by atoms with E-state index in [-0.39, 0.29) is 5.91 Å². The number of piperidine rings is 1. The van der Waals surface area contributed by atoms with Crippen LogP contribution in [0.2, 0.25) is 0 Å². The predicted octanol–water partition coefficient (Wildman–Crippen LogP) is -0.0307. The van der Waals surface area contributed by atoms with E-state index in [2.05, 4.69) is 10.2 Å². The SMILES string of the molecule is CCC(=O)NCC1(O)CCN(C)CC1. The van der Waals surface area contributed by atoms with Gasteiger partial charge in [-0.15, -0.1) is 0 Å². The minimum Gasteiger partial charge on any atom is -0.388 e. The van der Waals surface area contributed by atoms with Crippen LogP contribution in [0.5, 0.6) is 0 Å². The van der Waals surface area contributed by atoms with Crippen LogP contribution in [0.15, 0.2) is 0 Å². The fraction of sp³-hybridized carbons (Fsp3) is 0.900. The number of amides is 1. The van der Waals surface area contributed by atoms with Crippen molar-refractivity contribution >= 4 is 5.91 Å². The van der Waals surface area contributed by atoms with Gasteiger partial charge in [-0.3, -0.25) is 4.79 Å². The van der Waals surface area contributed by atoms with E-state index in [0.717, 1.165) is 25.9 Å². The fourth-order valence-electron chi connectivity index (χ4n) is 1.60. The Kier molecular flexibility index (Phi) is 3.89. The van der Waals surface area contributed by atoms with Crippen molar-refractivity contribution in [3.8, 4) is 0 Å². The summed E-state index contributed by atoms with van der Waals surface area (Å²) < 4.78 is 0. The lowest BCUT2D eigenvalue weighted by atomic mass is 9.91. The summed E-state index contributed by atoms with van der Waals surface area (Å²) in [6.45, 7) is 4.01. The highest BCUT2D eigenvalue weighted by atomic mass is 16.3. The van der Waals surface area contributed by atoms with Crippen LogP contribution in [0.3, 0.4) is 0 Å². The largest absolute Gasteiger partial charge is 0.388 e. The van der Waals surface area contributed by atoms with Crippen molar-refractivity contribution in [1.82, 2.24) is 10.2 Å². The van der Waals surface area contributed by atoms with E-state index in [1.54, 1.807) is 0 Å². The third-order valence-corrected chi connectivity index (χ3v) is 2.85. The molecule has 0 radical (unpaired) electrons. The lowest BCUT2D eigenvalue weighted by molar-refractivity contribution is -0.122. The van der Waals surface area contributed by atoms with Crippen LogP contribution in [0, 0.1) is 0 Å². The van der Waals surface area contributed by atoms with Gasteiger partial charge in [0, 0.05) is 26.1 Å². The number of rotatable bonds is 3. The minimum atomic E-state index is -0.683. The highest BCUT2D eigenvalue weighted by Crippen LogP contribution is 2.20. The van der Waals surface area contributed by atoms with Crippen molar-refractivity contribution in [2.75, 3.05) is 26.7 Å². The van der Waals surface area contributed by atoms with Gasteiger partial charge in [0.25, 0.3) is 0 Å². The van der Waals surface area contributed by atoms with Crippen LogP contribution in [0.4, 0.5) is 0 Å². The molecule has 0 aromatic rings. The quantitative estimate of drug-likeness (QED) is 0.672. The fourth-order valence-corrected chi connectivity index (χ4v) is 1.60. The molecule has 0 aromatic heterocycles. The van der Waals surface area contributed by atoms with Crippen LogP contribution in [-0.2, 0) is 4.79 Å². The summed E-state index contributed by atoms with van der Waals surface area (Å²) in [6.07, 6.45) is 1.97. The first-order valence-corrected chi connectivity index (χ1v) is 5.23. The van der Waals surface area contributed by atoms with Crippen molar-refractivity contribution in [2.24, 2.45) is 0 Å². The number of carbonyl (C=O) groups excluding carboxylic acids is 1. The van der Waals surface area contributed by atoms with E-state index in [1.807, 2.05) is 14.0 Å². The Hall–Kier alpha value is -0.610. The molecule has 0 unspecified atom stereocenters. The lowest BCUT2D eigenvalue weighted by Crippen LogP contribution is -2.49. The van der Waals surface area contributed by atoms with Crippen LogP contribution in [-0.4, -0.2) is 48.2 Å². The molecular formula is C10H20N2O2. The normalized spacial score (nSPS) is 21.9. The van der Waals surface area contributed by atoms with Gasteiger partial charge >= 0.3 is 0 Å². The number of aliphatic hydroxyl groups is 1. The zero-order valence-corrected chi connectivity index (χ0v) is 9.05. The molecule has 1 fully saturated rings. The maximum absolute atomic E-state index is 11.0. The van der Waals surface area contributed by atoms with Crippen LogP contribution in [0.1, 0.15) is 26.2 Å². The van der Waals surface area contributed by atoms with Gasteiger partial charge in [0.05, 0.1) is 5.60 Å². The topological polar surface area (TPSA) is 52.6 Å². The molecule has 0 aliphatic carbocycles. The molecule has 4 heteroatoms. The van der Waals surface area contributed by atoms with E-state index in [0.29, 0.717) is 13.0 Å². The van der Waals surface area contributed by atoms with E-state index < -0.39 is 5.60 Å². The number of hydrogen-bond acceptors (Lipinski definition) is 3. The predicted molar refractivity (Wildman–Crippen MR) is 55.0 cm³/mol. The van der Waals surface area contributed by atoms with E-state index in [4.69, 9.17) is 0 Å². The first-order chi connectivity index (χ1) is 6.56. The molecule has 82 valence electrons. The maximum atomic E-state index is 11.0. The Morgan fingerprint density at radius 3 is 2.57 bits per heavy atom. The van der Waals surface area contributed by atoms with Gasteiger partial charge in [0.15, 0.2) is 0 Å². The summed E-state index contributed by atoms with van der Waals surface area (Å²) in [6, 6.07) is 0. The van der Waals surface area contributed by atoms with Crippen molar-refractivity contribution in [1.29, 1.82) is 0 Å². The molecule has 2 N–H and O–H groups in total. The molecule has 0 spiro atoms. The zero-order chi connectivity index (χ0) is 10.6. The van der Waals surface area contributed by atoms with Crippen molar-refractivity contribution < 1.29 is 9.90 Å². The summed E-state index contributed by atoms with van der Waals surface area (Å²) in [5.41, 5.74) is -0.683. The van der Waals surface area contributed by atoms with Gasteiger partial charge in [-0.2, -0.15) is 0 Å². The van der Waals surface area contributed by atoms with Gasteiger partial charge in [-0.25, -0.2) is 0 Å². The molecule has 0 bridgehead atoms. The average Bonchev–Trinajstić information content (AvgIpc) is 2.20. The Labute approximate surface area is 85.3 Å². The van der Waals surface area contributed by atoms with Crippen LogP contribution in [0.25, 0.3) is 0 Å². The van der Waals surface area contributed by atoms with Gasteiger partial charge in [0.2, 0.25) is 5.91 Å². The molecule has 14 heavy (non-hydrogen) atoms. The molecule has 1 rings (SSSR count). The van der Waals surface area contributed by atoms with Gasteiger partial charge in [-0.1, -0.05) is 6.92 Å². The standard InChI is InChI=1S/C10H20N2O2/c1-3-9(13)11-8-10(14)4-6-12(2)7-5-10/h14H,3-8H2,1-2H3,(H,11,13). The van der Waals surface area contributed by atoms with E-state index in [9.17, 15) is 9.90 Å². The second-order valence-electron chi connectivity index (χ2n) is 4.16. The van der Waals surface area contributed by atoms with Crippen LogP contribution >= 0.6 is 0 Å². The minimum absolute atomic E-state index is 0.0114. The summed E-state index contributed by atoms with van der Waals surface area (Å²) in [7, 11) is 2.05. The molecule has 1 aliphatic rings. The van der Waals surface area contributed by atoms with Gasteiger partial charge < -0.3 is 15.3 Å². The highest BCUT2D eigenvalue weighted by Gasteiger charge is 2.31. The second-order valence-corrected chi connectivity index (χ2v) is 4.16. The first kappa shape index (κ1) is 11.5. The van der Waals surface area contributed by atoms with Crippen molar-refractivity contribution in [3.63, 3.8) is 0 Å². The number of carbonyl (C=O) groups is 1. The Morgan fingerprint density at radius 2 is 2.07 bits per heavy atom. The van der Waals surface area contributed by atoms with Crippen molar-refractivity contribution in [3.05, 3.63) is 0 Å². The summed E-state index contributed by atoms with van der Waals surface area (Å²) in [5.74, 6) is 0.0114. The third kappa shape index (κ3) is 3.27. The number of likely N-dealkylation sites (tertiary alicyclic amines) is 1. The lowest BCUT2D eigenvalue weighted by Gasteiger charge is -2.36.